The molecule has 2 aliphatic heterocycles. The molecule has 1 aromatic carbocycles. The van der Waals surface area contributed by atoms with Crippen molar-refractivity contribution in [1.82, 2.24) is 15.5 Å². The molecule has 0 bridgehead atoms. The number of rotatable bonds is 7. The molecule has 0 spiro atoms. The molecule has 0 saturated carbocycles. The molecular formula is C23H31FN4O3. The Morgan fingerprint density at radius 3 is 2.87 bits per heavy atom. The highest BCUT2D eigenvalue weighted by Crippen LogP contribution is 2.29. The molecule has 0 amide bonds. The minimum absolute atomic E-state index is 0.164. The summed E-state index contributed by atoms with van der Waals surface area (Å²) in [7, 11) is 1.75. The molecule has 31 heavy (non-hydrogen) atoms. The Morgan fingerprint density at radius 1 is 1.23 bits per heavy atom. The first-order valence-corrected chi connectivity index (χ1v) is 11.0. The van der Waals surface area contributed by atoms with Crippen molar-refractivity contribution in [3.63, 3.8) is 0 Å². The van der Waals surface area contributed by atoms with Gasteiger partial charge < -0.3 is 24.5 Å². The zero-order valence-corrected chi connectivity index (χ0v) is 18.0. The maximum absolute atomic E-state index is 13.9. The van der Waals surface area contributed by atoms with Crippen LogP contribution in [0.2, 0.25) is 0 Å². The number of nitrogens with one attached hydrogen (secondary N) is 2. The first kappa shape index (κ1) is 21.6. The van der Waals surface area contributed by atoms with Crippen molar-refractivity contribution in [3.8, 4) is 5.75 Å². The maximum Gasteiger partial charge on any atom is 0.191 e. The number of benzene rings is 1. The van der Waals surface area contributed by atoms with Gasteiger partial charge in [-0.05, 0) is 62.2 Å². The van der Waals surface area contributed by atoms with Crippen LogP contribution in [0.15, 0.2) is 39.9 Å². The second-order valence-corrected chi connectivity index (χ2v) is 7.92. The topological polar surface area (TPSA) is 71.3 Å². The van der Waals surface area contributed by atoms with Crippen LogP contribution >= 0.6 is 0 Å². The van der Waals surface area contributed by atoms with E-state index in [1.165, 1.54) is 31.4 Å². The molecule has 168 valence electrons. The Kier molecular flexibility index (Phi) is 7.43. The number of piperidine rings is 1. The summed E-state index contributed by atoms with van der Waals surface area (Å²) in [6.07, 6.45) is 6.07. The predicted octanol–water partition coefficient (Wildman–Crippen LogP) is 3.22. The van der Waals surface area contributed by atoms with Crippen molar-refractivity contribution in [3.05, 3.63) is 53.2 Å². The third-order valence-electron chi connectivity index (χ3n) is 5.83. The number of aliphatic imine (C=N–C) groups is 1. The van der Waals surface area contributed by atoms with Gasteiger partial charge in [0.2, 0.25) is 0 Å². The van der Waals surface area contributed by atoms with E-state index in [0.29, 0.717) is 32.1 Å². The lowest BCUT2D eigenvalue weighted by Crippen LogP contribution is -2.44. The van der Waals surface area contributed by atoms with Gasteiger partial charge in [0.1, 0.15) is 17.3 Å². The molecule has 7 nitrogen and oxygen atoms in total. The van der Waals surface area contributed by atoms with Gasteiger partial charge in [0.05, 0.1) is 18.9 Å². The molecular weight excluding hydrogens is 399 g/mol. The van der Waals surface area contributed by atoms with Crippen molar-refractivity contribution in [2.45, 2.75) is 38.3 Å². The maximum atomic E-state index is 13.9. The first-order valence-electron chi connectivity index (χ1n) is 11.0. The fraction of sp³-hybridized carbons (Fsp3) is 0.522. The highest BCUT2D eigenvalue weighted by Gasteiger charge is 2.24. The smallest absolute Gasteiger partial charge is 0.191 e. The Hall–Kier alpha value is -2.58. The molecule has 1 atom stereocenters. The van der Waals surface area contributed by atoms with E-state index in [9.17, 15) is 4.39 Å². The van der Waals surface area contributed by atoms with E-state index in [-0.39, 0.29) is 18.7 Å². The number of hydrogen-bond donors (Lipinski definition) is 2. The summed E-state index contributed by atoms with van der Waals surface area (Å²) in [5.74, 6) is 2.15. The third-order valence-corrected chi connectivity index (χ3v) is 5.83. The highest BCUT2D eigenvalue weighted by molar-refractivity contribution is 5.79. The summed E-state index contributed by atoms with van der Waals surface area (Å²) < 4.78 is 30.5. The fourth-order valence-electron chi connectivity index (χ4n) is 4.29. The van der Waals surface area contributed by atoms with Gasteiger partial charge >= 0.3 is 0 Å². The number of ether oxygens (including phenoxy) is 2. The average molecular weight is 431 g/mol. The fourth-order valence-corrected chi connectivity index (χ4v) is 4.29. The number of likely N-dealkylation sites (tertiary alicyclic amines) is 1. The summed E-state index contributed by atoms with van der Waals surface area (Å²) >= 11 is 0. The molecule has 2 aromatic rings. The molecule has 3 heterocycles. The number of hydrogen-bond acceptors (Lipinski definition) is 5. The zero-order chi connectivity index (χ0) is 21.5. The second kappa shape index (κ2) is 10.6. The highest BCUT2D eigenvalue weighted by atomic mass is 19.1. The van der Waals surface area contributed by atoms with E-state index in [0.717, 1.165) is 35.7 Å². The zero-order valence-electron chi connectivity index (χ0n) is 18.0. The van der Waals surface area contributed by atoms with E-state index < -0.39 is 0 Å². The van der Waals surface area contributed by atoms with Gasteiger partial charge in [0, 0.05) is 25.7 Å². The summed E-state index contributed by atoms with van der Waals surface area (Å²) in [5, 5.41) is 6.76. The van der Waals surface area contributed by atoms with Crippen molar-refractivity contribution >= 4 is 5.96 Å². The Labute approximate surface area is 182 Å². The summed E-state index contributed by atoms with van der Waals surface area (Å²) in [6, 6.07) is 7.14. The minimum atomic E-state index is -0.270. The van der Waals surface area contributed by atoms with Gasteiger partial charge in [0.15, 0.2) is 12.8 Å². The van der Waals surface area contributed by atoms with Crippen LogP contribution < -0.4 is 15.4 Å². The van der Waals surface area contributed by atoms with Crippen molar-refractivity contribution in [1.29, 1.82) is 0 Å². The number of halogens is 1. The second-order valence-electron chi connectivity index (χ2n) is 7.92. The third kappa shape index (κ3) is 5.57. The Morgan fingerprint density at radius 2 is 2.10 bits per heavy atom. The van der Waals surface area contributed by atoms with E-state index in [4.69, 9.17) is 13.9 Å². The number of furan rings is 1. The van der Waals surface area contributed by atoms with Gasteiger partial charge in [-0.3, -0.25) is 9.89 Å². The first-order chi connectivity index (χ1) is 15.2. The van der Waals surface area contributed by atoms with Crippen LogP contribution in [0.5, 0.6) is 5.75 Å². The predicted molar refractivity (Wildman–Crippen MR) is 117 cm³/mol. The molecule has 4 rings (SSSR count). The quantitative estimate of drug-likeness (QED) is 0.519. The van der Waals surface area contributed by atoms with Crippen LogP contribution in [-0.2, 0) is 17.8 Å². The number of fused-ring (bicyclic) bond motifs is 1. The van der Waals surface area contributed by atoms with Crippen LogP contribution in [0.1, 0.15) is 42.2 Å². The standard InChI is InChI=1S/C23H31FN4O3/c1-25-23(26-8-7-17-12-19(24)13-18-15-29-16-31-22(17)18)27-14-20(21-6-5-11-30-21)28-9-3-2-4-10-28/h5-6,11-13,20H,2-4,7-10,14-16H2,1H3,(H2,25,26,27). The molecule has 1 unspecified atom stereocenters. The van der Waals surface area contributed by atoms with Crippen LogP contribution in [0.3, 0.4) is 0 Å². The van der Waals surface area contributed by atoms with Gasteiger partial charge in [0.25, 0.3) is 0 Å². The van der Waals surface area contributed by atoms with Gasteiger partial charge in [-0.25, -0.2) is 4.39 Å². The molecule has 2 aliphatic rings. The Bertz CT molecular complexity index is 866. The Balaban J connectivity index is 1.33. The van der Waals surface area contributed by atoms with Crippen molar-refractivity contribution in [2.75, 3.05) is 40.0 Å². The van der Waals surface area contributed by atoms with Gasteiger partial charge in [-0.15, -0.1) is 0 Å². The largest absolute Gasteiger partial charge is 0.468 e. The normalized spacial score (nSPS) is 18.2. The molecule has 8 heteroatoms. The summed E-state index contributed by atoms with van der Waals surface area (Å²) in [4.78, 5) is 6.82. The number of nitrogens with zero attached hydrogens (tertiary/aromatic N) is 2. The monoisotopic (exact) mass is 430 g/mol. The van der Waals surface area contributed by atoms with Crippen LogP contribution in [0.4, 0.5) is 4.39 Å². The minimum Gasteiger partial charge on any atom is -0.468 e. The molecule has 0 aliphatic carbocycles. The van der Waals surface area contributed by atoms with E-state index in [2.05, 4.69) is 20.5 Å². The molecule has 1 fully saturated rings. The summed E-state index contributed by atoms with van der Waals surface area (Å²) in [6.45, 7) is 4.03. The van der Waals surface area contributed by atoms with Crippen LogP contribution in [0, 0.1) is 5.82 Å². The lowest BCUT2D eigenvalue weighted by Gasteiger charge is -2.33. The van der Waals surface area contributed by atoms with E-state index in [1.807, 2.05) is 12.1 Å². The van der Waals surface area contributed by atoms with E-state index >= 15 is 0 Å². The lowest BCUT2D eigenvalue weighted by molar-refractivity contribution is -0.0172. The molecule has 1 saturated heterocycles. The van der Waals surface area contributed by atoms with Crippen LogP contribution in [-0.4, -0.2) is 50.9 Å². The van der Waals surface area contributed by atoms with Crippen LogP contribution in [0.25, 0.3) is 0 Å². The lowest BCUT2D eigenvalue weighted by atomic mass is 10.1. The van der Waals surface area contributed by atoms with Gasteiger partial charge in [-0.1, -0.05) is 6.42 Å². The SMILES string of the molecule is CN=C(NCCc1cc(F)cc2c1OCOC2)NCC(c1ccco1)N1CCCCC1. The van der Waals surface area contributed by atoms with Crippen molar-refractivity contribution in [2.24, 2.45) is 4.99 Å². The average Bonchev–Trinajstić information content (AvgIpc) is 3.33. The summed E-state index contributed by atoms with van der Waals surface area (Å²) in [5.41, 5.74) is 1.59. The molecule has 1 aromatic heterocycles. The van der Waals surface area contributed by atoms with E-state index in [1.54, 1.807) is 13.3 Å². The van der Waals surface area contributed by atoms with Crippen molar-refractivity contribution < 1.29 is 18.3 Å². The molecule has 2 N–H and O–H groups in total. The number of guanidine groups is 1. The molecule has 0 radical (unpaired) electrons. The van der Waals surface area contributed by atoms with Gasteiger partial charge in [-0.2, -0.15) is 0 Å².